The van der Waals surface area contributed by atoms with E-state index in [1.165, 1.54) is 11.0 Å². The summed E-state index contributed by atoms with van der Waals surface area (Å²) in [5, 5.41) is 8.90. The minimum atomic E-state index is -1.04. The summed E-state index contributed by atoms with van der Waals surface area (Å²) in [4.78, 5) is 24.4. The highest BCUT2D eigenvalue weighted by Crippen LogP contribution is 2.09. The van der Waals surface area contributed by atoms with Gasteiger partial charge in [0.25, 0.3) is 0 Å². The number of carboxylic acid groups (broad SMARTS) is 1. The normalized spacial score (nSPS) is 19.2. The first-order chi connectivity index (χ1) is 9.56. The maximum atomic E-state index is 12.0. The number of aliphatic carboxylic acids is 1. The molecule has 0 bridgehead atoms. The van der Waals surface area contributed by atoms with Crippen molar-refractivity contribution < 1.29 is 19.4 Å². The van der Waals surface area contributed by atoms with Crippen molar-refractivity contribution in [3.8, 4) is 0 Å². The number of ether oxygens (including phenoxy) is 1. The Kier molecular flexibility index (Phi) is 4.53. The van der Waals surface area contributed by atoms with Crippen LogP contribution in [0.1, 0.15) is 11.1 Å². The van der Waals surface area contributed by atoms with Crippen LogP contribution in [0.5, 0.6) is 0 Å². The monoisotopic (exact) mass is 275 g/mol. The zero-order chi connectivity index (χ0) is 14.5. The predicted molar refractivity (Wildman–Crippen MR) is 74.2 cm³/mol. The molecule has 1 aromatic rings. The van der Waals surface area contributed by atoms with Crippen LogP contribution in [0.3, 0.4) is 0 Å². The molecule has 1 N–H and O–H groups in total. The van der Waals surface area contributed by atoms with E-state index in [0.29, 0.717) is 6.54 Å². The highest BCUT2D eigenvalue weighted by molar-refractivity contribution is 5.92. The number of carbonyl (C=O) groups is 2. The lowest BCUT2D eigenvalue weighted by Crippen LogP contribution is -2.48. The second-order valence-electron chi connectivity index (χ2n) is 4.73. The fourth-order valence-corrected chi connectivity index (χ4v) is 2.05. The van der Waals surface area contributed by atoms with E-state index in [-0.39, 0.29) is 19.1 Å². The Bertz CT molecular complexity index is 538. The third-order valence-electron chi connectivity index (χ3n) is 3.11. The fraction of sp³-hybridized carbons (Fsp3) is 0.333. The van der Waals surface area contributed by atoms with Gasteiger partial charge in [0.2, 0.25) is 5.91 Å². The standard InChI is InChI=1S/C15H17NO4/c1-11-3-2-4-12(9-11)5-6-14(17)16-7-8-20-13(10-16)15(18)19/h2-6,9,13H,7-8,10H2,1H3,(H,18,19)/b6-5+/t13-/m0/s1. The molecule has 0 radical (unpaired) electrons. The lowest BCUT2D eigenvalue weighted by atomic mass is 10.1. The second-order valence-corrected chi connectivity index (χ2v) is 4.73. The SMILES string of the molecule is Cc1cccc(/C=C/C(=O)N2CCO[C@H](C(=O)O)C2)c1. The largest absolute Gasteiger partial charge is 0.479 e. The first-order valence-corrected chi connectivity index (χ1v) is 6.44. The van der Waals surface area contributed by atoms with Crippen molar-refractivity contribution in [2.45, 2.75) is 13.0 Å². The molecule has 20 heavy (non-hydrogen) atoms. The first kappa shape index (κ1) is 14.3. The van der Waals surface area contributed by atoms with Crippen molar-refractivity contribution in [1.82, 2.24) is 4.90 Å². The molecule has 1 saturated heterocycles. The third-order valence-corrected chi connectivity index (χ3v) is 3.11. The van der Waals surface area contributed by atoms with E-state index in [1.54, 1.807) is 6.08 Å². The Morgan fingerprint density at radius 3 is 2.95 bits per heavy atom. The average Bonchev–Trinajstić information content (AvgIpc) is 2.45. The first-order valence-electron chi connectivity index (χ1n) is 6.44. The molecule has 5 heteroatoms. The molecule has 1 atom stereocenters. The van der Waals surface area contributed by atoms with Gasteiger partial charge in [-0.3, -0.25) is 4.79 Å². The minimum Gasteiger partial charge on any atom is -0.479 e. The summed E-state index contributed by atoms with van der Waals surface area (Å²) in [5.74, 6) is -1.23. The zero-order valence-electron chi connectivity index (χ0n) is 11.3. The lowest BCUT2D eigenvalue weighted by molar-refractivity contribution is -0.158. The minimum absolute atomic E-state index is 0.0896. The van der Waals surface area contributed by atoms with Crippen molar-refractivity contribution in [3.05, 3.63) is 41.5 Å². The Morgan fingerprint density at radius 1 is 1.45 bits per heavy atom. The molecular weight excluding hydrogens is 258 g/mol. The van der Waals surface area contributed by atoms with Crippen LogP contribution in [0.25, 0.3) is 6.08 Å². The van der Waals surface area contributed by atoms with Crippen molar-refractivity contribution >= 4 is 18.0 Å². The van der Waals surface area contributed by atoms with Gasteiger partial charge in [0.05, 0.1) is 13.2 Å². The molecule has 0 aromatic heterocycles. The van der Waals surface area contributed by atoms with Crippen LogP contribution < -0.4 is 0 Å². The molecule has 0 spiro atoms. The molecular formula is C15H17NO4. The van der Waals surface area contributed by atoms with Crippen LogP contribution in [-0.4, -0.2) is 47.7 Å². The number of carbonyl (C=O) groups excluding carboxylic acids is 1. The highest BCUT2D eigenvalue weighted by Gasteiger charge is 2.27. The van der Waals surface area contributed by atoms with Crippen LogP contribution in [0.15, 0.2) is 30.3 Å². The Labute approximate surface area is 117 Å². The van der Waals surface area contributed by atoms with Gasteiger partial charge in [0.15, 0.2) is 6.10 Å². The summed E-state index contributed by atoms with van der Waals surface area (Å²) in [6.07, 6.45) is 2.28. The van der Waals surface area contributed by atoms with E-state index in [9.17, 15) is 9.59 Å². The van der Waals surface area contributed by atoms with Gasteiger partial charge in [0, 0.05) is 12.6 Å². The molecule has 0 unspecified atom stereocenters. The van der Waals surface area contributed by atoms with E-state index in [2.05, 4.69) is 0 Å². The van der Waals surface area contributed by atoms with E-state index in [4.69, 9.17) is 9.84 Å². The number of amides is 1. The van der Waals surface area contributed by atoms with E-state index < -0.39 is 12.1 Å². The number of morpholine rings is 1. The molecule has 1 aliphatic heterocycles. The van der Waals surface area contributed by atoms with Crippen LogP contribution in [0.2, 0.25) is 0 Å². The van der Waals surface area contributed by atoms with Crippen molar-refractivity contribution in [3.63, 3.8) is 0 Å². The van der Waals surface area contributed by atoms with Crippen LogP contribution >= 0.6 is 0 Å². The van der Waals surface area contributed by atoms with Gasteiger partial charge in [0.1, 0.15) is 0 Å². The lowest BCUT2D eigenvalue weighted by Gasteiger charge is -2.30. The Hall–Kier alpha value is -2.14. The maximum Gasteiger partial charge on any atom is 0.334 e. The summed E-state index contributed by atoms with van der Waals surface area (Å²) >= 11 is 0. The van der Waals surface area contributed by atoms with Gasteiger partial charge in [-0.1, -0.05) is 29.8 Å². The predicted octanol–water partition coefficient (Wildman–Crippen LogP) is 1.32. The molecule has 1 amide bonds. The number of rotatable bonds is 3. The summed E-state index contributed by atoms with van der Waals surface area (Å²) in [5.41, 5.74) is 2.07. The van der Waals surface area contributed by atoms with Crippen molar-refractivity contribution in [2.75, 3.05) is 19.7 Å². The number of hydrogen-bond acceptors (Lipinski definition) is 3. The smallest absolute Gasteiger partial charge is 0.334 e. The average molecular weight is 275 g/mol. The highest BCUT2D eigenvalue weighted by atomic mass is 16.5. The number of carboxylic acids is 1. The summed E-state index contributed by atoms with van der Waals surface area (Å²) in [6.45, 7) is 2.74. The van der Waals surface area contributed by atoms with E-state index in [0.717, 1.165) is 11.1 Å². The summed E-state index contributed by atoms with van der Waals surface area (Å²) in [6, 6.07) is 7.80. The van der Waals surface area contributed by atoms with Gasteiger partial charge in [-0.25, -0.2) is 4.79 Å². The van der Waals surface area contributed by atoms with E-state index in [1.807, 2.05) is 31.2 Å². The third kappa shape index (κ3) is 3.68. The van der Waals surface area contributed by atoms with Gasteiger partial charge >= 0.3 is 5.97 Å². The second kappa shape index (κ2) is 6.34. The molecule has 106 valence electrons. The topological polar surface area (TPSA) is 66.8 Å². The molecule has 1 fully saturated rings. The number of hydrogen-bond donors (Lipinski definition) is 1. The Morgan fingerprint density at radius 2 is 2.25 bits per heavy atom. The molecule has 1 aromatic carbocycles. The van der Waals surface area contributed by atoms with Gasteiger partial charge < -0.3 is 14.7 Å². The zero-order valence-corrected chi connectivity index (χ0v) is 11.3. The maximum absolute atomic E-state index is 12.0. The van der Waals surface area contributed by atoms with Crippen LogP contribution in [0.4, 0.5) is 0 Å². The molecule has 0 aliphatic carbocycles. The molecule has 5 nitrogen and oxygen atoms in total. The van der Waals surface area contributed by atoms with Crippen molar-refractivity contribution in [2.24, 2.45) is 0 Å². The molecule has 1 heterocycles. The van der Waals surface area contributed by atoms with Gasteiger partial charge in [-0.2, -0.15) is 0 Å². The molecule has 0 saturated carbocycles. The molecule has 2 rings (SSSR count). The van der Waals surface area contributed by atoms with Gasteiger partial charge in [-0.15, -0.1) is 0 Å². The number of aryl methyl sites for hydroxylation is 1. The van der Waals surface area contributed by atoms with Crippen LogP contribution in [-0.2, 0) is 14.3 Å². The van der Waals surface area contributed by atoms with Crippen LogP contribution in [0, 0.1) is 6.92 Å². The quantitative estimate of drug-likeness (QED) is 0.845. The fourth-order valence-electron chi connectivity index (χ4n) is 2.05. The summed E-state index contributed by atoms with van der Waals surface area (Å²) in [7, 11) is 0. The van der Waals surface area contributed by atoms with Gasteiger partial charge in [-0.05, 0) is 18.6 Å². The number of nitrogens with zero attached hydrogens (tertiary/aromatic N) is 1. The molecule has 1 aliphatic rings. The summed E-state index contributed by atoms with van der Waals surface area (Å²) < 4.78 is 5.08. The van der Waals surface area contributed by atoms with E-state index >= 15 is 0 Å². The van der Waals surface area contributed by atoms with Crippen molar-refractivity contribution in [1.29, 1.82) is 0 Å². The Balaban J connectivity index is 1.99. The number of benzene rings is 1.